The largest absolute Gasteiger partial charge is 0.465 e. The predicted octanol–water partition coefficient (Wildman–Crippen LogP) is 1.28. The summed E-state index contributed by atoms with van der Waals surface area (Å²) in [5.41, 5.74) is 0. The van der Waals surface area contributed by atoms with E-state index in [4.69, 9.17) is 9.47 Å². The van der Waals surface area contributed by atoms with Crippen LogP contribution in [0, 0.1) is 5.92 Å². The van der Waals surface area contributed by atoms with Gasteiger partial charge in [0.05, 0.1) is 13.2 Å². The Labute approximate surface area is 123 Å². The fourth-order valence-corrected chi connectivity index (χ4v) is 2.63. The van der Waals surface area contributed by atoms with Crippen molar-refractivity contribution >= 4 is 5.97 Å². The second kappa shape index (κ2) is 10.1. The van der Waals surface area contributed by atoms with Gasteiger partial charge in [-0.05, 0) is 52.2 Å². The highest BCUT2D eigenvalue weighted by Crippen LogP contribution is 2.14. The zero-order chi connectivity index (χ0) is 14.8. The third-order valence-electron chi connectivity index (χ3n) is 3.65. The van der Waals surface area contributed by atoms with Gasteiger partial charge >= 0.3 is 5.97 Å². The molecule has 0 amide bonds. The molecular formula is C15H30N2O3. The smallest absolute Gasteiger partial charge is 0.323 e. The molecule has 5 heteroatoms. The van der Waals surface area contributed by atoms with Crippen LogP contribution >= 0.6 is 0 Å². The number of esters is 1. The van der Waals surface area contributed by atoms with E-state index in [2.05, 4.69) is 17.3 Å². The van der Waals surface area contributed by atoms with Crippen LogP contribution in [0.15, 0.2) is 0 Å². The van der Waals surface area contributed by atoms with Gasteiger partial charge in [-0.15, -0.1) is 0 Å². The van der Waals surface area contributed by atoms with Crippen molar-refractivity contribution < 1.29 is 14.3 Å². The minimum Gasteiger partial charge on any atom is -0.465 e. The van der Waals surface area contributed by atoms with E-state index in [9.17, 15) is 4.79 Å². The van der Waals surface area contributed by atoms with Crippen molar-refractivity contribution in [2.24, 2.45) is 5.92 Å². The number of carbonyl (C=O) groups excluding carboxylic acids is 1. The van der Waals surface area contributed by atoms with E-state index in [1.165, 1.54) is 12.8 Å². The summed E-state index contributed by atoms with van der Waals surface area (Å²) in [7, 11) is 2.11. The number of hydrogen-bond donors (Lipinski definition) is 1. The van der Waals surface area contributed by atoms with E-state index in [-0.39, 0.29) is 12.0 Å². The minimum absolute atomic E-state index is 0.135. The van der Waals surface area contributed by atoms with Gasteiger partial charge in [-0.2, -0.15) is 0 Å². The molecule has 1 aliphatic rings. The monoisotopic (exact) mass is 286 g/mol. The number of likely N-dealkylation sites (N-methyl/N-ethyl adjacent to an activating group) is 1. The molecule has 118 valence electrons. The van der Waals surface area contributed by atoms with Crippen LogP contribution in [-0.2, 0) is 14.3 Å². The van der Waals surface area contributed by atoms with Gasteiger partial charge in [0.2, 0.25) is 0 Å². The van der Waals surface area contributed by atoms with Crippen LogP contribution in [0.4, 0.5) is 0 Å². The molecule has 1 rings (SSSR count). The van der Waals surface area contributed by atoms with Crippen LogP contribution in [0.3, 0.4) is 0 Å². The zero-order valence-electron chi connectivity index (χ0n) is 13.2. The number of nitrogens with zero attached hydrogens (tertiary/aromatic N) is 1. The lowest BCUT2D eigenvalue weighted by atomic mass is 10.0. The average molecular weight is 286 g/mol. The second-order valence-corrected chi connectivity index (χ2v) is 5.50. The van der Waals surface area contributed by atoms with Crippen LogP contribution in [0.1, 0.15) is 33.1 Å². The van der Waals surface area contributed by atoms with E-state index >= 15 is 0 Å². The van der Waals surface area contributed by atoms with E-state index in [0.29, 0.717) is 12.5 Å². The highest BCUT2D eigenvalue weighted by molar-refractivity contribution is 5.75. The van der Waals surface area contributed by atoms with Crippen molar-refractivity contribution in [1.82, 2.24) is 10.2 Å². The number of carbonyl (C=O) groups is 1. The van der Waals surface area contributed by atoms with E-state index in [1.54, 1.807) is 0 Å². The van der Waals surface area contributed by atoms with E-state index in [1.807, 2.05) is 13.8 Å². The molecule has 0 radical (unpaired) electrons. The molecule has 0 aromatic carbocycles. The van der Waals surface area contributed by atoms with E-state index < -0.39 is 0 Å². The molecule has 20 heavy (non-hydrogen) atoms. The Morgan fingerprint density at radius 3 is 2.90 bits per heavy atom. The lowest BCUT2D eigenvalue weighted by Crippen LogP contribution is -2.41. The highest BCUT2D eigenvalue weighted by atomic mass is 16.5. The SMILES string of the molecule is CCNC(CCN(C)CC1CCCOC1)C(=O)OCC. The Bertz CT molecular complexity index is 268. The van der Waals surface area contributed by atoms with Gasteiger partial charge in [-0.1, -0.05) is 6.92 Å². The molecule has 0 aromatic rings. The maximum absolute atomic E-state index is 11.8. The number of ether oxygens (including phenoxy) is 2. The Morgan fingerprint density at radius 1 is 1.50 bits per heavy atom. The highest BCUT2D eigenvalue weighted by Gasteiger charge is 2.20. The third kappa shape index (κ3) is 6.68. The maximum Gasteiger partial charge on any atom is 0.323 e. The first-order chi connectivity index (χ1) is 9.67. The predicted molar refractivity (Wildman–Crippen MR) is 79.8 cm³/mol. The first-order valence-electron chi connectivity index (χ1n) is 7.83. The lowest BCUT2D eigenvalue weighted by Gasteiger charge is -2.28. The molecule has 1 N–H and O–H groups in total. The molecule has 5 nitrogen and oxygen atoms in total. The van der Waals surface area contributed by atoms with Gasteiger partial charge in [0.15, 0.2) is 0 Å². The molecule has 0 saturated carbocycles. The molecule has 1 heterocycles. The van der Waals surface area contributed by atoms with Gasteiger partial charge in [-0.3, -0.25) is 4.79 Å². The molecule has 0 spiro atoms. The molecule has 2 atom stereocenters. The summed E-state index contributed by atoms with van der Waals surface area (Å²) in [6.07, 6.45) is 3.21. The van der Waals surface area contributed by atoms with Crippen LogP contribution in [0.2, 0.25) is 0 Å². The van der Waals surface area contributed by atoms with Crippen LogP contribution < -0.4 is 5.32 Å². The first-order valence-corrected chi connectivity index (χ1v) is 7.83. The quantitative estimate of drug-likeness (QED) is 0.647. The molecule has 2 unspecified atom stereocenters. The second-order valence-electron chi connectivity index (χ2n) is 5.50. The molecule has 0 aromatic heterocycles. The number of nitrogens with one attached hydrogen (secondary N) is 1. The molecule has 0 aliphatic carbocycles. The normalized spacial score (nSPS) is 20.9. The Balaban J connectivity index is 2.27. The Hall–Kier alpha value is -0.650. The maximum atomic E-state index is 11.8. The van der Waals surface area contributed by atoms with Crippen molar-refractivity contribution in [2.75, 3.05) is 46.5 Å². The summed E-state index contributed by atoms with van der Waals surface area (Å²) in [4.78, 5) is 14.1. The third-order valence-corrected chi connectivity index (χ3v) is 3.65. The summed E-state index contributed by atoms with van der Waals surface area (Å²) >= 11 is 0. The van der Waals surface area contributed by atoms with Crippen molar-refractivity contribution in [3.05, 3.63) is 0 Å². The van der Waals surface area contributed by atoms with Crippen LogP contribution in [-0.4, -0.2) is 63.4 Å². The summed E-state index contributed by atoms with van der Waals surface area (Å²) in [5.74, 6) is 0.498. The molecular weight excluding hydrogens is 256 g/mol. The summed E-state index contributed by atoms with van der Waals surface area (Å²) in [6, 6.07) is -0.190. The fourth-order valence-electron chi connectivity index (χ4n) is 2.63. The van der Waals surface area contributed by atoms with Gasteiger partial charge in [-0.25, -0.2) is 0 Å². The van der Waals surface area contributed by atoms with Crippen molar-refractivity contribution in [3.8, 4) is 0 Å². The van der Waals surface area contributed by atoms with Gasteiger partial charge in [0.25, 0.3) is 0 Å². The molecule has 0 bridgehead atoms. The topological polar surface area (TPSA) is 50.8 Å². The van der Waals surface area contributed by atoms with Crippen LogP contribution in [0.5, 0.6) is 0 Å². The summed E-state index contributed by atoms with van der Waals surface area (Å²) < 4.78 is 10.6. The average Bonchev–Trinajstić information content (AvgIpc) is 2.44. The number of hydrogen-bond acceptors (Lipinski definition) is 5. The van der Waals surface area contributed by atoms with Crippen molar-refractivity contribution in [2.45, 2.75) is 39.2 Å². The summed E-state index contributed by atoms with van der Waals surface area (Å²) in [5, 5.41) is 3.20. The van der Waals surface area contributed by atoms with Gasteiger partial charge < -0.3 is 19.7 Å². The molecule has 1 fully saturated rings. The lowest BCUT2D eigenvalue weighted by molar-refractivity contribution is -0.145. The molecule has 1 saturated heterocycles. The van der Waals surface area contributed by atoms with Crippen molar-refractivity contribution in [1.29, 1.82) is 0 Å². The fraction of sp³-hybridized carbons (Fsp3) is 0.933. The van der Waals surface area contributed by atoms with E-state index in [0.717, 1.165) is 39.3 Å². The standard InChI is InChI=1S/C15H30N2O3/c1-4-16-14(15(18)20-5-2)8-9-17(3)11-13-7-6-10-19-12-13/h13-14,16H,4-12H2,1-3H3. The molecule has 1 aliphatic heterocycles. The van der Waals surface area contributed by atoms with Gasteiger partial charge in [0, 0.05) is 13.2 Å². The van der Waals surface area contributed by atoms with Crippen molar-refractivity contribution in [3.63, 3.8) is 0 Å². The van der Waals surface area contributed by atoms with Gasteiger partial charge in [0.1, 0.15) is 6.04 Å². The Kier molecular flexibility index (Phi) is 8.82. The van der Waals surface area contributed by atoms with Crippen LogP contribution in [0.25, 0.3) is 0 Å². The Morgan fingerprint density at radius 2 is 2.30 bits per heavy atom. The first kappa shape index (κ1) is 17.4. The zero-order valence-corrected chi connectivity index (χ0v) is 13.2. The number of rotatable bonds is 9. The minimum atomic E-state index is -0.190. The summed E-state index contributed by atoms with van der Waals surface area (Å²) in [6.45, 7) is 8.80.